The van der Waals surface area contributed by atoms with Gasteiger partial charge in [0.2, 0.25) is 11.5 Å². The van der Waals surface area contributed by atoms with Crippen molar-refractivity contribution in [3.63, 3.8) is 0 Å². The molecule has 190 valence electrons. The van der Waals surface area contributed by atoms with Gasteiger partial charge in [-0.1, -0.05) is 66.2 Å². The number of unbranched alkanes of at least 4 members (excludes halogenated alkanes) is 2. The molecule has 6 nitrogen and oxygen atoms in total. The Balaban J connectivity index is 1.91. The van der Waals surface area contributed by atoms with Crippen LogP contribution in [0.2, 0.25) is 0 Å². The summed E-state index contributed by atoms with van der Waals surface area (Å²) in [6.07, 6.45) is 8.61. The Morgan fingerprint density at radius 3 is 1.50 bits per heavy atom. The Labute approximate surface area is 204 Å². The summed E-state index contributed by atoms with van der Waals surface area (Å²) in [6.45, 7) is 11.3. The summed E-state index contributed by atoms with van der Waals surface area (Å²) < 4.78 is 22.5. The Hall–Kier alpha value is -2.50. The SMILES string of the molecule is CCCCC(CC)COC(=O)c1ccc(C(C)c2ccc(C(=O)OCC(CC)CCCC)o2)o1. The third kappa shape index (κ3) is 8.37. The second-order valence-corrected chi connectivity index (χ2v) is 9.16. The van der Waals surface area contributed by atoms with Crippen molar-refractivity contribution in [3.05, 3.63) is 47.3 Å². The van der Waals surface area contributed by atoms with Crippen LogP contribution in [0.3, 0.4) is 0 Å². The summed E-state index contributed by atoms with van der Waals surface area (Å²) in [7, 11) is 0. The molecule has 0 aliphatic carbocycles. The van der Waals surface area contributed by atoms with Gasteiger partial charge in [-0.3, -0.25) is 0 Å². The summed E-state index contributed by atoms with van der Waals surface area (Å²) in [5.74, 6) is 1.08. The Morgan fingerprint density at radius 1 is 0.735 bits per heavy atom. The van der Waals surface area contributed by atoms with Crippen molar-refractivity contribution < 1.29 is 27.9 Å². The maximum atomic E-state index is 12.4. The number of carbonyl (C=O) groups is 2. The van der Waals surface area contributed by atoms with Gasteiger partial charge < -0.3 is 18.3 Å². The maximum Gasteiger partial charge on any atom is 0.374 e. The van der Waals surface area contributed by atoms with E-state index >= 15 is 0 Å². The number of carbonyl (C=O) groups excluding carboxylic acids is 2. The second-order valence-electron chi connectivity index (χ2n) is 9.16. The van der Waals surface area contributed by atoms with Crippen molar-refractivity contribution in [2.24, 2.45) is 11.8 Å². The molecule has 0 saturated heterocycles. The van der Waals surface area contributed by atoms with Gasteiger partial charge in [-0.15, -0.1) is 0 Å². The molecular weight excluding hydrogens is 432 g/mol. The average molecular weight is 475 g/mol. The summed E-state index contributed by atoms with van der Waals surface area (Å²) in [4.78, 5) is 24.8. The maximum absolute atomic E-state index is 12.4. The van der Waals surface area contributed by atoms with Gasteiger partial charge in [-0.2, -0.15) is 0 Å². The number of esters is 2. The topological polar surface area (TPSA) is 78.9 Å². The minimum Gasteiger partial charge on any atom is -0.460 e. The number of ether oxygens (including phenoxy) is 2. The molecule has 0 radical (unpaired) electrons. The Morgan fingerprint density at radius 2 is 1.15 bits per heavy atom. The molecule has 2 heterocycles. The first-order valence-corrected chi connectivity index (χ1v) is 13.0. The van der Waals surface area contributed by atoms with E-state index in [4.69, 9.17) is 18.3 Å². The van der Waals surface area contributed by atoms with Crippen LogP contribution in [0.15, 0.2) is 33.1 Å². The lowest BCUT2D eigenvalue weighted by Gasteiger charge is -2.14. The Kier molecular flexibility index (Phi) is 12.0. The first-order chi connectivity index (χ1) is 16.4. The van der Waals surface area contributed by atoms with E-state index in [0.29, 0.717) is 36.6 Å². The fourth-order valence-corrected chi connectivity index (χ4v) is 3.86. The van der Waals surface area contributed by atoms with Gasteiger partial charge in [0, 0.05) is 0 Å². The van der Waals surface area contributed by atoms with E-state index in [2.05, 4.69) is 27.7 Å². The molecule has 2 aromatic rings. The molecule has 0 amide bonds. The van der Waals surface area contributed by atoms with Gasteiger partial charge in [-0.05, 0) is 55.9 Å². The van der Waals surface area contributed by atoms with Crippen molar-refractivity contribution in [1.82, 2.24) is 0 Å². The second kappa shape index (κ2) is 14.7. The van der Waals surface area contributed by atoms with Crippen LogP contribution in [-0.4, -0.2) is 25.2 Å². The molecule has 34 heavy (non-hydrogen) atoms. The highest BCUT2D eigenvalue weighted by Gasteiger charge is 2.22. The van der Waals surface area contributed by atoms with Crippen LogP contribution >= 0.6 is 0 Å². The van der Waals surface area contributed by atoms with E-state index in [1.54, 1.807) is 24.3 Å². The molecule has 2 atom stereocenters. The highest BCUT2D eigenvalue weighted by molar-refractivity contribution is 5.87. The molecule has 0 spiro atoms. The molecule has 2 unspecified atom stereocenters. The molecule has 6 heteroatoms. The fourth-order valence-electron chi connectivity index (χ4n) is 3.86. The fraction of sp³-hybridized carbons (Fsp3) is 0.643. The number of hydrogen-bond donors (Lipinski definition) is 0. The summed E-state index contributed by atoms with van der Waals surface area (Å²) in [5, 5.41) is 0. The van der Waals surface area contributed by atoms with Gasteiger partial charge in [0.05, 0.1) is 19.1 Å². The van der Waals surface area contributed by atoms with Crippen molar-refractivity contribution >= 4 is 11.9 Å². The lowest BCUT2D eigenvalue weighted by atomic mass is 10.0. The quantitative estimate of drug-likeness (QED) is 0.231. The Bertz CT molecular complexity index is 794. The average Bonchev–Trinajstić information content (AvgIpc) is 3.54. The van der Waals surface area contributed by atoms with Crippen molar-refractivity contribution in [2.45, 2.75) is 91.9 Å². The van der Waals surface area contributed by atoms with Crippen LogP contribution in [0, 0.1) is 11.8 Å². The normalized spacial score (nSPS) is 13.9. The molecular formula is C28H42O6. The third-order valence-corrected chi connectivity index (χ3v) is 6.50. The molecule has 0 aromatic carbocycles. The van der Waals surface area contributed by atoms with E-state index in [-0.39, 0.29) is 17.4 Å². The van der Waals surface area contributed by atoms with Crippen molar-refractivity contribution in [3.8, 4) is 0 Å². The van der Waals surface area contributed by atoms with Gasteiger partial charge in [0.25, 0.3) is 0 Å². The van der Waals surface area contributed by atoms with E-state index in [1.165, 1.54) is 0 Å². The van der Waals surface area contributed by atoms with Crippen molar-refractivity contribution in [1.29, 1.82) is 0 Å². The molecule has 0 bridgehead atoms. The highest BCUT2D eigenvalue weighted by Crippen LogP contribution is 2.28. The smallest absolute Gasteiger partial charge is 0.374 e. The monoisotopic (exact) mass is 474 g/mol. The van der Waals surface area contributed by atoms with Gasteiger partial charge in [-0.25, -0.2) is 9.59 Å². The molecule has 0 N–H and O–H groups in total. The minimum atomic E-state index is -0.453. The molecule has 0 aliphatic heterocycles. The predicted octanol–water partition coefficient (Wildman–Crippen LogP) is 7.77. The molecule has 2 aromatic heterocycles. The third-order valence-electron chi connectivity index (χ3n) is 6.50. The molecule has 2 rings (SSSR count). The van der Waals surface area contributed by atoms with E-state index < -0.39 is 11.9 Å². The van der Waals surface area contributed by atoms with Crippen LogP contribution in [0.4, 0.5) is 0 Å². The van der Waals surface area contributed by atoms with Crippen molar-refractivity contribution in [2.75, 3.05) is 13.2 Å². The number of hydrogen-bond acceptors (Lipinski definition) is 6. The highest BCUT2D eigenvalue weighted by atomic mass is 16.5. The van der Waals surface area contributed by atoms with Crippen LogP contribution in [0.1, 0.15) is 125 Å². The van der Waals surface area contributed by atoms with Crippen LogP contribution < -0.4 is 0 Å². The van der Waals surface area contributed by atoms with Crippen LogP contribution in [0.25, 0.3) is 0 Å². The minimum absolute atomic E-state index is 0.177. The van der Waals surface area contributed by atoms with Gasteiger partial charge >= 0.3 is 11.9 Å². The first-order valence-electron chi connectivity index (χ1n) is 13.0. The van der Waals surface area contributed by atoms with Gasteiger partial charge in [0.1, 0.15) is 11.5 Å². The molecule has 0 fully saturated rings. The van der Waals surface area contributed by atoms with Crippen LogP contribution in [0.5, 0.6) is 0 Å². The first kappa shape index (κ1) is 27.7. The lowest BCUT2D eigenvalue weighted by Crippen LogP contribution is -2.13. The summed E-state index contributed by atoms with van der Waals surface area (Å²) >= 11 is 0. The van der Waals surface area contributed by atoms with Gasteiger partial charge in [0.15, 0.2) is 0 Å². The number of furan rings is 2. The summed E-state index contributed by atoms with van der Waals surface area (Å²) in [5.41, 5.74) is 0. The zero-order chi connectivity index (χ0) is 24.9. The van der Waals surface area contributed by atoms with E-state index in [9.17, 15) is 9.59 Å². The molecule has 0 aliphatic rings. The largest absolute Gasteiger partial charge is 0.460 e. The molecule has 0 saturated carbocycles. The zero-order valence-electron chi connectivity index (χ0n) is 21.6. The predicted molar refractivity (Wildman–Crippen MR) is 132 cm³/mol. The van der Waals surface area contributed by atoms with Crippen LogP contribution in [-0.2, 0) is 9.47 Å². The zero-order valence-corrected chi connectivity index (χ0v) is 21.6. The summed E-state index contributed by atoms with van der Waals surface area (Å²) in [6, 6.07) is 6.74. The standard InChI is InChI=1S/C28H42O6/c1-6-10-12-21(8-3)18-31-27(29)25-16-14-23(33-25)20(5)24-15-17-26(34-24)28(30)32-19-22(9-4)13-11-7-2/h14-17,20-22H,6-13,18-19H2,1-5H3. The van der Waals surface area contributed by atoms with E-state index in [0.717, 1.165) is 51.4 Å². The van der Waals surface area contributed by atoms with E-state index in [1.807, 2.05) is 6.92 Å². The number of rotatable bonds is 16. The lowest BCUT2D eigenvalue weighted by molar-refractivity contribution is 0.0385.